The van der Waals surface area contributed by atoms with Crippen molar-refractivity contribution < 1.29 is 51.0 Å². The fourth-order valence-electron chi connectivity index (χ4n) is 0. The average molecular weight is 1470 g/mol. The van der Waals surface area contributed by atoms with Crippen LogP contribution in [0.3, 0.4) is 0 Å². The Morgan fingerprint density at radius 3 is 0.769 bits per heavy atom. The van der Waals surface area contributed by atoms with Crippen molar-refractivity contribution in [3.63, 3.8) is 0 Å². The predicted octanol–water partition coefficient (Wildman–Crippen LogP) is -7.85. The molecule has 13 heavy (non-hydrogen) atoms. The summed E-state index contributed by atoms with van der Waals surface area (Å²) in [4.78, 5) is 0. The largest absolute Gasteiger partial charge is 4.00 e. The van der Waals surface area contributed by atoms with Crippen molar-refractivity contribution in [1.82, 2.24) is 0 Å². The van der Waals surface area contributed by atoms with Crippen LogP contribution < -0.4 is 24.8 Å². The monoisotopic (exact) mass is 1470 g/mol. The third-order valence-electron chi connectivity index (χ3n) is 0. The number of hydrogen-bond donors (Lipinski definition) is 0. The topological polar surface area (TPSA) is 0 Å². The molecule has 0 aliphatic rings. The molecule has 0 atom stereocenters. The summed E-state index contributed by atoms with van der Waals surface area (Å²) in [5.41, 5.74) is 0. The summed E-state index contributed by atoms with van der Waals surface area (Å²) in [5, 5.41) is 0. The van der Waals surface area contributed by atoms with E-state index in [0.29, 0.717) is 0 Å². The van der Waals surface area contributed by atoms with Crippen LogP contribution in [0.15, 0.2) is 7.57 Å². The Balaban J connectivity index is -0.00000000698. The number of hydrogen-bond acceptors (Lipinski definition) is 0. The summed E-state index contributed by atoms with van der Waals surface area (Å²) < 4.78 is 3.28. The molecule has 0 N–H and O–H groups in total. The van der Waals surface area contributed by atoms with Gasteiger partial charge in [-0.3, -0.25) is 0 Å². The van der Waals surface area contributed by atoms with Gasteiger partial charge in [0.15, 0.2) is 0 Å². The second-order valence-corrected chi connectivity index (χ2v) is 2.92. The first kappa shape index (κ1) is 42.7. The van der Waals surface area contributed by atoms with E-state index in [1.54, 1.807) is 84.6 Å². The van der Waals surface area contributed by atoms with Gasteiger partial charge in [0.1, 0.15) is 0 Å². The summed E-state index contributed by atoms with van der Waals surface area (Å²) >= 11 is 8.27. The molecule has 9 heteroatoms. The SMILES string of the molecule is [Bi]=[Bi].[Bi]=[Bi].[CH-]=[CH][BiH].[CH-]=[CH][BiH].[Cl-].[Cl-].[Zr+4]. The summed E-state index contributed by atoms with van der Waals surface area (Å²) in [7, 11) is 0. The third kappa shape index (κ3) is 124. The fraction of sp³-hybridized carbons (Fsp3) is 0. The van der Waals surface area contributed by atoms with Gasteiger partial charge in [-0.1, -0.05) is 0 Å². The van der Waals surface area contributed by atoms with E-state index >= 15 is 0 Å². The van der Waals surface area contributed by atoms with Crippen LogP contribution in [0.2, 0.25) is 0 Å². The molecule has 0 saturated carbocycles. The minimum absolute atomic E-state index is 0. The summed E-state index contributed by atoms with van der Waals surface area (Å²) in [6.07, 6.45) is 0. The van der Waals surface area contributed by atoms with Crippen LogP contribution in [-0.2, 0) is 26.2 Å². The van der Waals surface area contributed by atoms with Crippen molar-refractivity contribution in [3.8, 4) is 0 Å². The normalized spacial score (nSPS) is 2.62. The molecular formula is C4H6Bi6Cl2Zr. The van der Waals surface area contributed by atoms with Gasteiger partial charge in [0.2, 0.25) is 0 Å². The van der Waals surface area contributed by atoms with E-state index < -0.39 is 0 Å². The van der Waals surface area contributed by atoms with Crippen molar-refractivity contribution in [2.75, 3.05) is 0 Å². The zero-order chi connectivity index (χ0) is 9.41. The molecule has 0 unspecified atom stereocenters. The molecule has 0 fully saturated rings. The predicted molar refractivity (Wildman–Crippen MR) is 55.1 cm³/mol. The Labute approximate surface area is 192 Å². The van der Waals surface area contributed by atoms with Crippen molar-refractivity contribution >= 4 is 126 Å². The molecule has 0 aromatic rings. The van der Waals surface area contributed by atoms with Crippen LogP contribution in [-0.4, -0.2) is 126 Å². The van der Waals surface area contributed by atoms with Crippen LogP contribution in [0.25, 0.3) is 0 Å². The van der Waals surface area contributed by atoms with Crippen LogP contribution in [0, 0.1) is 13.2 Å². The minimum Gasteiger partial charge on any atom is -1.00 e. The van der Waals surface area contributed by atoms with E-state index in [-0.39, 0.29) is 51.0 Å². The van der Waals surface area contributed by atoms with Crippen molar-refractivity contribution in [2.45, 2.75) is 0 Å². The van der Waals surface area contributed by atoms with E-state index in [4.69, 9.17) is 13.2 Å². The van der Waals surface area contributed by atoms with Gasteiger partial charge in [-0.2, -0.15) is 0 Å². The molecule has 0 saturated heterocycles. The first-order chi connectivity index (χ1) is 4.83. The van der Waals surface area contributed by atoms with Crippen molar-refractivity contribution in [2.24, 2.45) is 0 Å². The maximum atomic E-state index is 4.78. The standard InChI is InChI=1S/2C2H2.6Bi.2ClH.Zr.2H/c2*1-2;;;;;;;;;;;/h2*1-2H;;;;;;;2*1H;;;/q2*-1;;;;;;;;;+4;;/p-2. The second-order valence-electron chi connectivity index (χ2n) is 0.333. The molecule has 0 rings (SSSR count). The maximum absolute atomic E-state index is 4.78. The molecule has 70 valence electrons. The minimum atomic E-state index is 0. The molecule has 0 aromatic heterocycles. The van der Waals surface area contributed by atoms with Crippen LogP contribution >= 0.6 is 0 Å². The molecule has 0 aliphatic carbocycles. The van der Waals surface area contributed by atoms with Gasteiger partial charge < -0.3 is 24.8 Å². The van der Waals surface area contributed by atoms with Crippen molar-refractivity contribution in [1.29, 1.82) is 0 Å². The first-order valence-electron chi connectivity index (χ1n) is 1.64. The molecular weight excluding hydrogens is 1460 g/mol. The summed E-state index contributed by atoms with van der Waals surface area (Å²) in [6, 6.07) is 0. The second kappa shape index (κ2) is 79.8. The molecule has 0 aromatic carbocycles. The van der Waals surface area contributed by atoms with Crippen LogP contribution in [0.1, 0.15) is 0 Å². The van der Waals surface area contributed by atoms with E-state index in [1.807, 2.05) is 0 Å². The molecule has 0 aliphatic heterocycles. The molecule has 0 amide bonds. The molecule has 0 spiro atoms. The van der Waals surface area contributed by atoms with E-state index in [2.05, 4.69) is 0 Å². The Kier molecular flexibility index (Phi) is 262. The molecule has 0 heterocycles. The quantitative estimate of drug-likeness (QED) is 0.168. The Morgan fingerprint density at radius 1 is 0.769 bits per heavy atom. The maximum Gasteiger partial charge on any atom is 4.00 e. The van der Waals surface area contributed by atoms with Crippen molar-refractivity contribution in [3.05, 3.63) is 20.7 Å². The number of rotatable bonds is 0. The molecule has 0 nitrogen and oxygen atoms in total. The van der Waals surface area contributed by atoms with Gasteiger partial charge >= 0.3 is 173 Å². The number of halogens is 2. The molecule has 0 bridgehead atoms. The summed E-state index contributed by atoms with van der Waals surface area (Å²) in [6.45, 7) is 9.57. The average Bonchev–Trinajstić information content (AvgIpc) is 1.99. The van der Waals surface area contributed by atoms with Crippen LogP contribution in [0.4, 0.5) is 0 Å². The van der Waals surface area contributed by atoms with Gasteiger partial charge in [-0.05, 0) is 0 Å². The van der Waals surface area contributed by atoms with E-state index in [9.17, 15) is 0 Å². The van der Waals surface area contributed by atoms with E-state index in [1.165, 1.54) is 0 Å². The fourth-order valence-corrected chi connectivity index (χ4v) is 0. The van der Waals surface area contributed by atoms with Gasteiger partial charge in [0.05, 0.1) is 0 Å². The Hall–Kier alpha value is 6.24. The van der Waals surface area contributed by atoms with Gasteiger partial charge in [0, 0.05) is 0 Å². The van der Waals surface area contributed by atoms with Gasteiger partial charge in [-0.25, -0.2) is 0 Å². The zero-order valence-corrected chi connectivity index (χ0v) is 32.0. The third-order valence-corrected chi connectivity index (χ3v) is 0. The first-order valence-corrected chi connectivity index (χ1v) is 36.5. The zero-order valence-electron chi connectivity index (χ0n) is 6.35. The van der Waals surface area contributed by atoms with E-state index in [0.717, 1.165) is 49.4 Å². The Bertz CT molecular complexity index is 58.6. The molecule has 6 radical (unpaired) electrons. The van der Waals surface area contributed by atoms with Gasteiger partial charge in [0.25, 0.3) is 0 Å². The van der Waals surface area contributed by atoms with Gasteiger partial charge in [-0.15, -0.1) is 0 Å². The smallest absolute Gasteiger partial charge is 1.00 e. The van der Waals surface area contributed by atoms with Crippen LogP contribution in [0.5, 0.6) is 0 Å². The summed E-state index contributed by atoms with van der Waals surface area (Å²) in [5.74, 6) is 0. The Morgan fingerprint density at radius 2 is 0.769 bits per heavy atom.